The van der Waals surface area contributed by atoms with Crippen LogP contribution in [0.2, 0.25) is 0 Å². The van der Waals surface area contributed by atoms with Crippen LogP contribution in [0.3, 0.4) is 0 Å². The lowest BCUT2D eigenvalue weighted by molar-refractivity contribution is 0.0835. The third kappa shape index (κ3) is 5.36. The molecule has 1 saturated carbocycles. The first-order valence-electron chi connectivity index (χ1n) is 6.52. The molecule has 0 aromatic carbocycles. The Balaban J connectivity index is 2.28. The van der Waals surface area contributed by atoms with Gasteiger partial charge in [0.25, 0.3) is 0 Å². The lowest BCUT2D eigenvalue weighted by Crippen LogP contribution is -2.21. The molecule has 0 heterocycles. The summed E-state index contributed by atoms with van der Waals surface area (Å²) in [5.74, 6) is 0.560. The summed E-state index contributed by atoms with van der Waals surface area (Å²) >= 11 is 0. The van der Waals surface area contributed by atoms with Crippen molar-refractivity contribution in [3.63, 3.8) is 0 Å². The van der Waals surface area contributed by atoms with Crippen LogP contribution in [0.5, 0.6) is 0 Å². The molecule has 1 heteroatoms. The van der Waals surface area contributed by atoms with Crippen LogP contribution in [-0.4, -0.2) is 11.2 Å². The lowest BCUT2D eigenvalue weighted by Gasteiger charge is -2.24. The fourth-order valence-corrected chi connectivity index (χ4v) is 2.50. The van der Waals surface area contributed by atoms with Gasteiger partial charge < -0.3 is 5.11 Å². The molecule has 15 heavy (non-hydrogen) atoms. The summed E-state index contributed by atoms with van der Waals surface area (Å²) in [5, 5.41) is 10.1. The van der Waals surface area contributed by atoms with E-state index in [4.69, 9.17) is 0 Å². The molecule has 1 aliphatic rings. The topological polar surface area (TPSA) is 20.2 Å². The van der Waals surface area contributed by atoms with Crippen molar-refractivity contribution in [1.82, 2.24) is 0 Å². The first-order chi connectivity index (χ1) is 7.20. The first-order valence-corrected chi connectivity index (χ1v) is 6.52. The van der Waals surface area contributed by atoms with E-state index >= 15 is 0 Å². The van der Waals surface area contributed by atoms with Gasteiger partial charge in [-0.05, 0) is 38.5 Å². The van der Waals surface area contributed by atoms with E-state index in [1.54, 1.807) is 0 Å². The number of aliphatic hydroxyl groups excluding tert-OH is 1. The molecule has 0 bridgehead atoms. The van der Waals surface area contributed by atoms with Crippen LogP contribution in [-0.2, 0) is 0 Å². The maximum Gasteiger partial charge on any atom is 0.0571 e. The molecule has 1 N–H and O–H groups in total. The summed E-state index contributed by atoms with van der Waals surface area (Å²) in [5.41, 5.74) is 1.19. The Morgan fingerprint density at radius 1 is 1.20 bits per heavy atom. The minimum Gasteiger partial charge on any atom is -0.393 e. The first kappa shape index (κ1) is 12.8. The molecule has 1 aliphatic carbocycles. The largest absolute Gasteiger partial charge is 0.393 e. The minimum atomic E-state index is -0.0835. The molecule has 0 aliphatic heterocycles. The molecular formula is C14H26O. The Labute approximate surface area is 94.6 Å². The molecule has 88 valence electrons. The molecule has 1 rings (SSSR count). The average Bonchev–Trinajstić information content (AvgIpc) is 2.13. The van der Waals surface area contributed by atoms with Gasteiger partial charge in [0.15, 0.2) is 0 Å². The smallest absolute Gasteiger partial charge is 0.0571 e. The molecular weight excluding hydrogens is 184 g/mol. The van der Waals surface area contributed by atoms with Crippen molar-refractivity contribution in [2.24, 2.45) is 5.92 Å². The predicted molar refractivity (Wildman–Crippen MR) is 65.9 cm³/mol. The average molecular weight is 210 g/mol. The van der Waals surface area contributed by atoms with Gasteiger partial charge in [-0.2, -0.15) is 0 Å². The number of allylic oxidation sites excluding steroid dienone is 1. The second kappa shape index (κ2) is 7.05. The Morgan fingerprint density at radius 2 is 1.73 bits per heavy atom. The third-order valence-electron chi connectivity index (χ3n) is 3.56. The summed E-state index contributed by atoms with van der Waals surface area (Å²) in [6, 6.07) is 0. The molecule has 1 unspecified atom stereocenters. The van der Waals surface area contributed by atoms with E-state index in [1.165, 1.54) is 50.5 Å². The van der Waals surface area contributed by atoms with Gasteiger partial charge in [-0.1, -0.05) is 37.7 Å². The van der Waals surface area contributed by atoms with Crippen LogP contribution < -0.4 is 0 Å². The Hall–Kier alpha value is -0.300. The summed E-state index contributed by atoms with van der Waals surface area (Å²) in [4.78, 5) is 0. The Kier molecular flexibility index (Phi) is 6.00. The summed E-state index contributed by atoms with van der Waals surface area (Å²) in [7, 11) is 0. The molecule has 0 saturated heterocycles. The third-order valence-corrected chi connectivity index (χ3v) is 3.56. The highest BCUT2D eigenvalue weighted by Gasteiger charge is 2.19. The summed E-state index contributed by atoms with van der Waals surface area (Å²) in [6.07, 6.45) is 11.0. The minimum absolute atomic E-state index is 0.0835. The highest BCUT2D eigenvalue weighted by molar-refractivity contribution is 4.89. The van der Waals surface area contributed by atoms with E-state index < -0.39 is 0 Å². The molecule has 1 fully saturated rings. The van der Waals surface area contributed by atoms with Crippen LogP contribution in [0, 0.1) is 5.92 Å². The van der Waals surface area contributed by atoms with Crippen LogP contribution in [0.25, 0.3) is 0 Å². The number of aliphatic hydroxyl groups is 1. The van der Waals surface area contributed by atoms with E-state index in [-0.39, 0.29) is 6.10 Å². The molecule has 0 amide bonds. The van der Waals surface area contributed by atoms with Gasteiger partial charge in [0.1, 0.15) is 0 Å². The molecule has 0 spiro atoms. The highest BCUT2D eigenvalue weighted by Crippen LogP contribution is 2.27. The molecule has 0 aromatic rings. The quantitative estimate of drug-likeness (QED) is 0.694. The molecule has 0 aromatic heterocycles. The SMILES string of the molecule is C=C(C)CCC(O)C1CCCCCCC1. The zero-order chi connectivity index (χ0) is 11.1. The Bertz CT molecular complexity index is 178. The van der Waals surface area contributed by atoms with E-state index in [0.717, 1.165) is 12.8 Å². The van der Waals surface area contributed by atoms with E-state index in [1.807, 2.05) is 6.92 Å². The zero-order valence-electron chi connectivity index (χ0n) is 10.2. The number of rotatable bonds is 4. The number of hydrogen-bond donors (Lipinski definition) is 1. The summed E-state index contributed by atoms with van der Waals surface area (Å²) in [6.45, 7) is 5.94. The van der Waals surface area contributed by atoms with Gasteiger partial charge in [-0.25, -0.2) is 0 Å². The van der Waals surface area contributed by atoms with Crippen LogP contribution in [0.1, 0.15) is 64.7 Å². The van der Waals surface area contributed by atoms with Crippen molar-refractivity contribution in [2.75, 3.05) is 0 Å². The van der Waals surface area contributed by atoms with Crippen LogP contribution in [0.15, 0.2) is 12.2 Å². The van der Waals surface area contributed by atoms with Gasteiger partial charge >= 0.3 is 0 Å². The van der Waals surface area contributed by atoms with E-state index in [2.05, 4.69) is 6.58 Å². The maximum atomic E-state index is 10.1. The van der Waals surface area contributed by atoms with Gasteiger partial charge in [-0.3, -0.25) is 0 Å². The van der Waals surface area contributed by atoms with Crippen molar-refractivity contribution in [2.45, 2.75) is 70.8 Å². The van der Waals surface area contributed by atoms with Crippen molar-refractivity contribution in [1.29, 1.82) is 0 Å². The number of hydrogen-bond acceptors (Lipinski definition) is 1. The van der Waals surface area contributed by atoms with Crippen LogP contribution >= 0.6 is 0 Å². The lowest BCUT2D eigenvalue weighted by atomic mass is 9.85. The van der Waals surface area contributed by atoms with Crippen molar-refractivity contribution >= 4 is 0 Å². The zero-order valence-corrected chi connectivity index (χ0v) is 10.2. The standard InChI is InChI=1S/C14H26O/c1-12(2)10-11-14(15)13-8-6-4-3-5-7-9-13/h13-15H,1,3-11H2,2H3. The molecule has 0 radical (unpaired) electrons. The molecule has 1 nitrogen and oxygen atoms in total. The maximum absolute atomic E-state index is 10.1. The van der Waals surface area contributed by atoms with Crippen molar-refractivity contribution in [3.8, 4) is 0 Å². The predicted octanol–water partition coefficient (Wildman–Crippen LogP) is 4.06. The van der Waals surface area contributed by atoms with Gasteiger partial charge in [0.05, 0.1) is 6.10 Å². The normalized spacial score (nSPS) is 21.7. The van der Waals surface area contributed by atoms with Gasteiger partial charge in [0, 0.05) is 0 Å². The second-order valence-corrected chi connectivity index (χ2v) is 5.17. The van der Waals surface area contributed by atoms with E-state index in [0.29, 0.717) is 5.92 Å². The van der Waals surface area contributed by atoms with Crippen molar-refractivity contribution < 1.29 is 5.11 Å². The summed E-state index contributed by atoms with van der Waals surface area (Å²) < 4.78 is 0. The van der Waals surface area contributed by atoms with Gasteiger partial charge in [0.2, 0.25) is 0 Å². The Morgan fingerprint density at radius 3 is 2.27 bits per heavy atom. The van der Waals surface area contributed by atoms with E-state index in [9.17, 15) is 5.11 Å². The van der Waals surface area contributed by atoms with Crippen LogP contribution in [0.4, 0.5) is 0 Å². The monoisotopic (exact) mass is 210 g/mol. The second-order valence-electron chi connectivity index (χ2n) is 5.17. The van der Waals surface area contributed by atoms with Gasteiger partial charge in [-0.15, -0.1) is 6.58 Å². The van der Waals surface area contributed by atoms with Crippen molar-refractivity contribution in [3.05, 3.63) is 12.2 Å². The fourth-order valence-electron chi connectivity index (χ4n) is 2.50. The molecule has 1 atom stereocenters. The highest BCUT2D eigenvalue weighted by atomic mass is 16.3. The fraction of sp³-hybridized carbons (Fsp3) is 0.857.